The number of benzene rings is 1. The number of rotatable bonds is 2. The summed E-state index contributed by atoms with van der Waals surface area (Å²) >= 11 is 0. The molecule has 2 heterocycles. The highest BCUT2D eigenvalue weighted by atomic mass is 16.6. The lowest BCUT2D eigenvalue weighted by Gasteiger charge is -2.41. The summed E-state index contributed by atoms with van der Waals surface area (Å²) in [7, 11) is 1.38. The molecule has 1 aromatic rings. The largest absolute Gasteiger partial charge is 0.467 e. The van der Waals surface area contributed by atoms with Crippen LogP contribution in [-0.4, -0.2) is 48.2 Å². The Morgan fingerprint density at radius 3 is 2.88 bits per heavy atom. The SMILES string of the molecule is COC(=O)[C@@H]1C[C@@H]2[C@@H](CC[C@@H](C)N2C(=O)c2cccc3c2CCC3)O1. The highest BCUT2D eigenvalue weighted by Gasteiger charge is 2.48. The molecule has 2 fully saturated rings. The fourth-order valence-electron chi connectivity index (χ4n) is 4.75. The third-order valence-electron chi connectivity index (χ3n) is 6.00. The van der Waals surface area contributed by atoms with Gasteiger partial charge in [0.05, 0.1) is 19.3 Å². The first-order chi connectivity index (χ1) is 12.1. The number of nitrogens with zero attached hydrogens (tertiary/aromatic N) is 1. The summed E-state index contributed by atoms with van der Waals surface area (Å²) in [5.41, 5.74) is 3.36. The molecule has 1 aromatic carbocycles. The van der Waals surface area contributed by atoms with Gasteiger partial charge in [0.25, 0.3) is 5.91 Å². The third-order valence-corrected chi connectivity index (χ3v) is 6.00. The molecule has 0 bridgehead atoms. The zero-order chi connectivity index (χ0) is 17.6. The molecule has 2 saturated heterocycles. The topological polar surface area (TPSA) is 55.8 Å². The normalized spacial score (nSPS) is 30.7. The number of hydrogen-bond donors (Lipinski definition) is 0. The van der Waals surface area contributed by atoms with Crippen molar-refractivity contribution in [2.45, 2.75) is 69.7 Å². The Morgan fingerprint density at radius 1 is 1.24 bits per heavy atom. The van der Waals surface area contributed by atoms with E-state index in [2.05, 4.69) is 13.0 Å². The van der Waals surface area contributed by atoms with Crippen LogP contribution in [-0.2, 0) is 27.1 Å². The Kier molecular flexibility index (Phi) is 4.28. The van der Waals surface area contributed by atoms with Gasteiger partial charge in [-0.1, -0.05) is 12.1 Å². The lowest BCUT2D eigenvalue weighted by atomic mass is 9.91. The highest BCUT2D eigenvalue weighted by molar-refractivity contribution is 5.97. The summed E-state index contributed by atoms with van der Waals surface area (Å²) in [6.07, 6.45) is 4.85. The Hall–Kier alpha value is -1.88. The molecule has 0 saturated carbocycles. The summed E-state index contributed by atoms with van der Waals surface area (Å²) in [5.74, 6) is -0.245. The highest BCUT2D eigenvalue weighted by Crippen LogP contribution is 2.37. The van der Waals surface area contributed by atoms with E-state index in [1.54, 1.807) is 0 Å². The van der Waals surface area contributed by atoms with E-state index >= 15 is 0 Å². The van der Waals surface area contributed by atoms with Crippen molar-refractivity contribution >= 4 is 11.9 Å². The maximum Gasteiger partial charge on any atom is 0.335 e. The number of carbonyl (C=O) groups excluding carboxylic acids is 2. The van der Waals surface area contributed by atoms with Crippen molar-refractivity contribution in [2.75, 3.05) is 7.11 Å². The molecule has 3 aliphatic rings. The number of esters is 1. The Morgan fingerprint density at radius 2 is 2.08 bits per heavy atom. The molecule has 0 spiro atoms. The molecule has 134 valence electrons. The summed E-state index contributed by atoms with van der Waals surface area (Å²) in [5, 5.41) is 0. The first-order valence-electron chi connectivity index (χ1n) is 9.27. The zero-order valence-corrected chi connectivity index (χ0v) is 14.9. The third kappa shape index (κ3) is 2.74. The molecule has 1 amide bonds. The van der Waals surface area contributed by atoms with Gasteiger partial charge in [-0.25, -0.2) is 4.79 Å². The number of fused-ring (bicyclic) bond motifs is 2. The maximum absolute atomic E-state index is 13.4. The number of hydrogen-bond acceptors (Lipinski definition) is 4. The smallest absolute Gasteiger partial charge is 0.335 e. The van der Waals surface area contributed by atoms with E-state index in [9.17, 15) is 9.59 Å². The standard InChI is InChI=1S/C20H25NO4/c1-12-9-10-17-16(11-18(25-17)20(23)24-2)21(12)19(22)15-8-4-6-13-5-3-7-14(13)15/h4,6,8,12,16-18H,3,5,7,9-11H2,1-2H3/t12-,16-,17-,18+/m1/s1. The minimum Gasteiger partial charge on any atom is -0.467 e. The number of methoxy groups -OCH3 is 1. The molecule has 0 aromatic heterocycles. The minimum atomic E-state index is -0.554. The predicted octanol–water partition coefficient (Wildman–Crippen LogP) is 2.50. The molecule has 5 heteroatoms. The average molecular weight is 343 g/mol. The fourth-order valence-corrected chi connectivity index (χ4v) is 4.75. The number of carbonyl (C=O) groups is 2. The number of aryl methyl sites for hydroxylation is 1. The Balaban J connectivity index is 1.63. The second-order valence-corrected chi connectivity index (χ2v) is 7.42. The average Bonchev–Trinajstić information content (AvgIpc) is 3.26. The van der Waals surface area contributed by atoms with Gasteiger partial charge in [0.1, 0.15) is 0 Å². The summed E-state index contributed by atoms with van der Waals surface area (Å²) < 4.78 is 10.7. The van der Waals surface area contributed by atoms with Crippen LogP contribution in [0.25, 0.3) is 0 Å². The van der Waals surface area contributed by atoms with Gasteiger partial charge in [-0.05, 0) is 56.2 Å². The van der Waals surface area contributed by atoms with Crippen LogP contribution in [0.3, 0.4) is 0 Å². The van der Waals surface area contributed by atoms with E-state index in [-0.39, 0.29) is 30.1 Å². The van der Waals surface area contributed by atoms with Crippen LogP contribution in [0, 0.1) is 0 Å². The molecule has 2 aliphatic heterocycles. The number of ether oxygens (including phenoxy) is 2. The van der Waals surface area contributed by atoms with Gasteiger partial charge in [0.2, 0.25) is 0 Å². The van der Waals surface area contributed by atoms with Crippen LogP contribution in [0.2, 0.25) is 0 Å². The van der Waals surface area contributed by atoms with Gasteiger partial charge in [-0.2, -0.15) is 0 Å². The number of likely N-dealkylation sites (tertiary alicyclic amines) is 1. The molecule has 1 aliphatic carbocycles. The van der Waals surface area contributed by atoms with Crippen molar-refractivity contribution in [1.82, 2.24) is 4.90 Å². The van der Waals surface area contributed by atoms with Crippen LogP contribution in [0.15, 0.2) is 18.2 Å². The van der Waals surface area contributed by atoms with Gasteiger partial charge in [0, 0.05) is 18.0 Å². The number of amides is 1. The summed E-state index contributed by atoms with van der Waals surface area (Å²) in [6.45, 7) is 2.10. The van der Waals surface area contributed by atoms with E-state index in [4.69, 9.17) is 9.47 Å². The second kappa shape index (κ2) is 6.45. The van der Waals surface area contributed by atoms with Gasteiger partial charge in [-0.15, -0.1) is 0 Å². The van der Waals surface area contributed by atoms with E-state index in [1.165, 1.54) is 18.2 Å². The molecule has 4 atom stereocenters. The van der Waals surface area contributed by atoms with Crippen molar-refractivity contribution in [3.05, 3.63) is 34.9 Å². The van der Waals surface area contributed by atoms with E-state index in [0.29, 0.717) is 6.42 Å². The molecule has 0 radical (unpaired) electrons. The molecular formula is C20H25NO4. The maximum atomic E-state index is 13.4. The van der Waals surface area contributed by atoms with Crippen LogP contribution in [0.5, 0.6) is 0 Å². The molecule has 0 N–H and O–H groups in total. The number of piperidine rings is 1. The van der Waals surface area contributed by atoms with Crippen LogP contribution in [0.1, 0.15) is 54.1 Å². The molecule has 25 heavy (non-hydrogen) atoms. The molecule has 4 rings (SSSR count). The van der Waals surface area contributed by atoms with Crippen molar-refractivity contribution < 1.29 is 19.1 Å². The van der Waals surface area contributed by atoms with E-state index in [0.717, 1.165) is 37.7 Å². The van der Waals surface area contributed by atoms with E-state index in [1.807, 2.05) is 17.0 Å². The van der Waals surface area contributed by atoms with Crippen molar-refractivity contribution in [3.8, 4) is 0 Å². The lowest BCUT2D eigenvalue weighted by molar-refractivity contribution is -0.153. The minimum absolute atomic E-state index is 0.0439. The van der Waals surface area contributed by atoms with Crippen LogP contribution < -0.4 is 0 Å². The first kappa shape index (κ1) is 16.6. The monoisotopic (exact) mass is 343 g/mol. The quantitative estimate of drug-likeness (QED) is 0.774. The first-order valence-corrected chi connectivity index (χ1v) is 9.27. The van der Waals surface area contributed by atoms with Crippen molar-refractivity contribution in [3.63, 3.8) is 0 Å². The van der Waals surface area contributed by atoms with Crippen molar-refractivity contribution in [2.24, 2.45) is 0 Å². The predicted molar refractivity (Wildman–Crippen MR) is 92.4 cm³/mol. The van der Waals surface area contributed by atoms with Gasteiger partial charge in [-0.3, -0.25) is 4.79 Å². The van der Waals surface area contributed by atoms with Crippen molar-refractivity contribution in [1.29, 1.82) is 0 Å². The zero-order valence-electron chi connectivity index (χ0n) is 14.9. The fraction of sp³-hybridized carbons (Fsp3) is 0.600. The Labute approximate surface area is 148 Å². The summed E-state index contributed by atoms with van der Waals surface area (Å²) in [6, 6.07) is 6.19. The second-order valence-electron chi connectivity index (χ2n) is 7.42. The van der Waals surface area contributed by atoms with Gasteiger partial charge in [0.15, 0.2) is 6.10 Å². The molecule has 5 nitrogen and oxygen atoms in total. The molecular weight excluding hydrogens is 318 g/mol. The molecule has 0 unspecified atom stereocenters. The Bertz CT molecular complexity index is 701. The van der Waals surface area contributed by atoms with E-state index < -0.39 is 6.10 Å². The summed E-state index contributed by atoms with van der Waals surface area (Å²) in [4.78, 5) is 27.3. The van der Waals surface area contributed by atoms with Gasteiger partial charge < -0.3 is 14.4 Å². The van der Waals surface area contributed by atoms with Crippen LogP contribution >= 0.6 is 0 Å². The van der Waals surface area contributed by atoms with Crippen LogP contribution in [0.4, 0.5) is 0 Å². The van der Waals surface area contributed by atoms with Gasteiger partial charge >= 0.3 is 5.97 Å². The lowest BCUT2D eigenvalue weighted by Crippen LogP contribution is -2.53.